The molecule has 2 rings (SSSR count). The molecule has 14 heavy (non-hydrogen) atoms. The van der Waals surface area contributed by atoms with Crippen molar-refractivity contribution in [2.24, 2.45) is 0 Å². The highest BCUT2D eigenvalue weighted by Gasteiger charge is 2.15. The maximum Gasteiger partial charge on any atom is 0.116 e. The van der Waals surface area contributed by atoms with Crippen molar-refractivity contribution in [3.63, 3.8) is 0 Å². The van der Waals surface area contributed by atoms with E-state index in [1.54, 1.807) is 12.1 Å². The first kappa shape index (κ1) is 9.13. The van der Waals surface area contributed by atoms with E-state index in [-0.39, 0.29) is 5.41 Å². The molecule has 1 aromatic heterocycles. The van der Waals surface area contributed by atoms with Crippen molar-refractivity contribution in [2.75, 3.05) is 0 Å². The molecule has 1 heterocycles. The number of hydrogen-bond acceptors (Lipinski definition) is 1. The van der Waals surface area contributed by atoms with Crippen LogP contribution in [0.2, 0.25) is 0 Å². The predicted octanol–water partition coefficient (Wildman–Crippen LogP) is 3.17. The molecule has 0 saturated heterocycles. The summed E-state index contributed by atoms with van der Waals surface area (Å²) in [4.78, 5) is 3.35. The largest absolute Gasteiger partial charge is 0.508 e. The summed E-state index contributed by atoms with van der Waals surface area (Å²) in [5.74, 6) is 0.317. The lowest BCUT2D eigenvalue weighted by Crippen LogP contribution is -2.10. The maximum atomic E-state index is 9.33. The van der Waals surface area contributed by atoms with Crippen molar-refractivity contribution in [3.05, 3.63) is 30.0 Å². The molecular formula is C12H15NO. The molecule has 2 heteroatoms. The number of nitrogens with one attached hydrogen (secondary N) is 1. The molecule has 0 radical (unpaired) electrons. The number of hydrogen-bond donors (Lipinski definition) is 2. The van der Waals surface area contributed by atoms with Gasteiger partial charge in [-0.15, -0.1) is 0 Å². The van der Waals surface area contributed by atoms with Crippen molar-refractivity contribution in [3.8, 4) is 5.75 Å². The van der Waals surface area contributed by atoms with Gasteiger partial charge in [0.25, 0.3) is 0 Å². The monoisotopic (exact) mass is 189 g/mol. The fourth-order valence-electron chi connectivity index (χ4n) is 1.52. The summed E-state index contributed by atoms with van der Waals surface area (Å²) in [6.07, 6.45) is 0. The van der Waals surface area contributed by atoms with Gasteiger partial charge in [0, 0.05) is 22.0 Å². The van der Waals surface area contributed by atoms with E-state index < -0.39 is 0 Å². The lowest BCUT2D eigenvalue weighted by Gasteiger charge is -2.15. The van der Waals surface area contributed by atoms with Crippen LogP contribution in [-0.4, -0.2) is 10.1 Å². The van der Waals surface area contributed by atoms with Crippen molar-refractivity contribution in [1.82, 2.24) is 4.98 Å². The van der Waals surface area contributed by atoms with Gasteiger partial charge in [-0.1, -0.05) is 20.8 Å². The summed E-state index contributed by atoms with van der Waals surface area (Å²) in [7, 11) is 0. The van der Waals surface area contributed by atoms with Crippen molar-refractivity contribution < 1.29 is 5.11 Å². The molecule has 0 aliphatic rings. The van der Waals surface area contributed by atoms with Crippen LogP contribution in [0.4, 0.5) is 0 Å². The average molecular weight is 189 g/mol. The van der Waals surface area contributed by atoms with Crippen LogP contribution in [0, 0.1) is 0 Å². The second kappa shape index (κ2) is 2.77. The zero-order chi connectivity index (χ0) is 10.3. The fourth-order valence-corrected chi connectivity index (χ4v) is 1.52. The Hall–Kier alpha value is -1.44. The third-order valence-corrected chi connectivity index (χ3v) is 2.41. The molecule has 2 N–H and O–H groups in total. The van der Waals surface area contributed by atoms with Crippen LogP contribution in [0.5, 0.6) is 5.75 Å². The maximum absolute atomic E-state index is 9.33. The lowest BCUT2D eigenvalue weighted by atomic mass is 9.92. The first-order valence-corrected chi connectivity index (χ1v) is 4.79. The Balaban J connectivity index is 2.63. The first-order chi connectivity index (χ1) is 6.47. The standard InChI is InChI=1S/C12H15NO/c1-12(2,3)11-7-8-6-9(14)4-5-10(8)13-11/h4-7,13-14H,1-3H3. The van der Waals surface area contributed by atoms with E-state index >= 15 is 0 Å². The Labute approximate surface area is 83.6 Å². The van der Waals surface area contributed by atoms with Crippen LogP contribution in [0.1, 0.15) is 26.5 Å². The minimum atomic E-state index is 0.120. The third kappa shape index (κ3) is 1.48. The molecule has 0 aliphatic carbocycles. The number of phenols is 1. The van der Waals surface area contributed by atoms with Crippen molar-refractivity contribution in [1.29, 1.82) is 0 Å². The number of fused-ring (bicyclic) bond motifs is 1. The molecule has 74 valence electrons. The Morgan fingerprint density at radius 2 is 1.86 bits per heavy atom. The van der Waals surface area contributed by atoms with E-state index in [2.05, 4.69) is 31.8 Å². The van der Waals surface area contributed by atoms with Gasteiger partial charge in [0.15, 0.2) is 0 Å². The van der Waals surface area contributed by atoms with Crippen LogP contribution >= 0.6 is 0 Å². The highest BCUT2D eigenvalue weighted by Crippen LogP contribution is 2.27. The molecular weight excluding hydrogens is 174 g/mol. The Bertz CT molecular complexity index is 463. The van der Waals surface area contributed by atoms with E-state index in [9.17, 15) is 5.11 Å². The number of aromatic amines is 1. The second-order valence-electron chi connectivity index (χ2n) is 4.70. The van der Waals surface area contributed by atoms with Crippen molar-refractivity contribution in [2.45, 2.75) is 26.2 Å². The Morgan fingerprint density at radius 3 is 2.50 bits per heavy atom. The second-order valence-corrected chi connectivity index (χ2v) is 4.70. The molecule has 1 aromatic carbocycles. The Kier molecular flexibility index (Phi) is 1.81. The number of aromatic nitrogens is 1. The lowest BCUT2D eigenvalue weighted by molar-refractivity contribution is 0.476. The topological polar surface area (TPSA) is 36.0 Å². The van der Waals surface area contributed by atoms with Crippen LogP contribution in [-0.2, 0) is 5.41 Å². The minimum absolute atomic E-state index is 0.120. The number of phenolic OH excluding ortho intramolecular Hbond substituents is 1. The van der Waals surface area contributed by atoms with Gasteiger partial charge < -0.3 is 10.1 Å². The summed E-state index contributed by atoms with van der Waals surface area (Å²) in [6.45, 7) is 6.49. The molecule has 0 aliphatic heterocycles. The van der Waals surface area contributed by atoms with Gasteiger partial charge in [0.1, 0.15) is 5.75 Å². The highest BCUT2D eigenvalue weighted by atomic mass is 16.3. The molecule has 0 saturated carbocycles. The van der Waals surface area contributed by atoms with Crippen molar-refractivity contribution >= 4 is 10.9 Å². The SMILES string of the molecule is CC(C)(C)c1cc2cc(O)ccc2[nH]1. The highest BCUT2D eigenvalue weighted by molar-refractivity contribution is 5.82. The molecule has 0 bridgehead atoms. The zero-order valence-corrected chi connectivity index (χ0v) is 8.76. The van der Waals surface area contributed by atoms with E-state index in [1.807, 2.05) is 6.07 Å². The van der Waals surface area contributed by atoms with E-state index in [0.717, 1.165) is 10.9 Å². The zero-order valence-electron chi connectivity index (χ0n) is 8.76. The van der Waals surface area contributed by atoms with Gasteiger partial charge in [-0.05, 0) is 24.3 Å². The molecule has 2 aromatic rings. The van der Waals surface area contributed by atoms with E-state index in [4.69, 9.17) is 0 Å². The van der Waals surface area contributed by atoms with Crippen LogP contribution in [0.15, 0.2) is 24.3 Å². The van der Waals surface area contributed by atoms with E-state index in [0.29, 0.717) is 5.75 Å². The van der Waals surface area contributed by atoms with Gasteiger partial charge in [0.2, 0.25) is 0 Å². The number of H-pyrrole nitrogens is 1. The average Bonchev–Trinajstić information content (AvgIpc) is 2.45. The van der Waals surface area contributed by atoms with Gasteiger partial charge in [0.05, 0.1) is 0 Å². The summed E-state index contributed by atoms with van der Waals surface area (Å²) >= 11 is 0. The van der Waals surface area contributed by atoms with Crippen LogP contribution in [0.25, 0.3) is 10.9 Å². The van der Waals surface area contributed by atoms with Crippen LogP contribution in [0.3, 0.4) is 0 Å². The predicted molar refractivity (Wildman–Crippen MR) is 58.7 cm³/mol. The van der Waals surface area contributed by atoms with Gasteiger partial charge in [-0.3, -0.25) is 0 Å². The smallest absolute Gasteiger partial charge is 0.116 e. The minimum Gasteiger partial charge on any atom is -0.508 e. The summed E-state index contributed by atoms with van der Waals surface area (Å²) < 4.78 is 0. The molecule has 0 amide bonds. The normalized spacial score (nSPS) is 12.2. The first-order valence-electron chi connectivity index (χ1n) is 4.79. The summed E-state index contributed by atoms with van der Waals surface area (Å²) in [6, 6.07) is 7.47. The van der Waals surface area contributed by atoms with E-state index in [1.165, 1.54) is 5.69 Å². The number of aromatic hydroxyl groups is 1. The van der Waals surface area contributed by atoms with Gasteiger partial charge >= 0.3 is 0 Å². The summed E-state index contributed by atoms with van der Waals surface area (Å²) in [5.41, 5.74) is 2.39. The Morgan fingerprint density at radius 1 is 1.14 bits per heavy atom. The quantitative estimate of drug-likeness (QED) is 0.656. The van der Waals surface area contributed by atoms with Gasteiger partial charge in [-0.2, -0.15) is 0 Å². The molecule has 2 nitrogen and oxygen atoms in total. The van der Waals surface area contributed by atoms with Crippen LogP contribution < -0.4 is 0 Å². The third-order valence-electron chi connectivity index (χ3n) is 2.41. The summed E-state index contributed by atoms with van der Waals surface area (Å²) in [5, 5.41) is 10.4. The molecule has 0 unspecified atom stereocenters. The van der Waals surface area contributed by atoms with Gasteiger partial charge in [-0.25, -0.2) is 0 Å². The molecule has 0 atom stereocenters. The molecule has 0 spiro atoms. The number of benzene rings is 1. The molecule has 0 fully saturated rings. The fraction of sp³-hybridized carbons (Fsp3) is 0.333. The number of rotatable bonds is 0.